The highest BCUT2D eigenvalue weighted by molar-refractivity contribution is 6.38. The first-order valence-electron chi connectivity index (χ1n) is 11.3. The lowest BCUT2D eigenvalue weighted by atomic mass is 10.1. The van der Waals surface area contributed by atoms with Gasteiger partial charge in [-0.2, -0.15) is 0 Å². The van der Waals surface area contributed by atoms with Crippen molar-refractivity contribution in [3.05, 3.63) is 61.2 Å². The zero-order valence-corrected chi connectivity index (χ0v) is 25.6. The number of ether oxygens (including phenoxy) is 3. The second kappa shape index (κ2) is 15.0. The number of nitrogens with zero attached hydrogens (tertiary/aromatic N) is 2. The molecule has 11 nitrogen and oxygen atoms in total. The molecule has 1 aromatic carbocycles. The maximum Gasteiger partial charge on any atom is 0.358 e. The van der Waals surface area contributed by atoms with E-state index < -0.39 is 74.1 Å². The molecule has 0 fully saturated rings. The molecule has 0 atom stereocenters. The number of amides is 2. The van der Waals surface area contributed by atoms with Crippen LogP contribution in [0.2, 0.25) is 20.2 Å². The van der Waals surface area contributed by atoms with Gasteiger partial charge in [0.1, 0.15) is 27.1 Å². The third kappa shape index (κ3) is 7.96. The number of benzene rings is 1. The third-order valence-corrected chi connectivity index (χ3v) is 6.27. The molecule has 0 radical (unpaired) electrons. The molecule has 0 aliphatic rings. The molecule has 0 saturated heterocycles. The van der Waals surface area contributed by atoms with E-state index in [0.29, 0.717) is 0 Å². The average molecular weight is 686 g/mol. The van der Waals surface area contributed by atoms with Gasteiger partial charge in [-0.05, 0) is 12.1 Å². The molecule has 0 bridgehead atoms. The van der Waals surface area contributed by atoms with E-state index in [1.165, 1.54) is 13.2 Å². The van der Waals surface area contributed by atoms with E-state index in [1.54, 1.807) is 0 Å². The molecule has 43 heavy (non-hydrogen) atoms. The van der Waals surface area contributed by atoms with Crippen molar-refractivity contribution in [2.24, 2.45) is 0 Å². The summed E-state index contributed by atoms with van der Waals surface area (Å²) >= 11 is 23.0. The van der Waals surface area contributed by atoms with Crippen molar-refractivity contribution in [2.75, 3.05) is 32.0 Å². The molecule has 0 aliphatic heterocycles. The van der Waals surface area contributed by atoms with E-state index >= 15 is 0 Å². The number of esters is 2. The van der Waals surface area contributed by atoms with Crippen LogP contribution in [0.5, 0.6) is 5.75 Å². The van der Waals surface area contributed by atoms with E-state index in [-0.39, 0.29) is 27.1 Å². The molecule has 230 valence electrons. The molecule has 3 rings (SSSR count). The van der Waals surface area contributed by atoms with Crippen LogP contribution < -0.4 is 15.4 Å². The fourth-order valence-electron chi connectivity index (χ4n) is 3.17. The first-order valence-corrected chi connectivity index (χ1v) is 12.8. The Labute approximate surface area is 261 Å². The topological polar surface area (TPSA) is 146 Å². The van der Waals surface area contributed by atoms with E-state index in [0.717, 1.165) is 34.1 Å². The van der Waals surface area contributed by atoms with Gasteiger partial charge in [-0.1, -0.05) is 46.4 Å². The lowest BCUT2D eigenvalue weighted by Crippen LogP contribution is -2.14. The second-order valence-corrected chi connectivity index (χ2v) is 9.38. The Bertz CT molecular complexity index is 1630. The minimum atomic E-state index is -1.14. The van der Waals surface area contributed by atoms with Gasteiger partial charge in [0, 0.05) is 19.4 Å². The molecule has 0 unspecified atom stereocenters. The van der Waals surface area contributed by atoms with Gasteiger partial charge in [0.25, 0.3) is 0 Å². The summed E-state index contributed by atoms with van der Waals surface area (Å²) in [5.41, 5.74) is -2.73. The van der Waals surface area contributed by atoms with Crippen LogP contribution in [0.1, 0.15) is 34.8 Å². The fourth-order valence-corrected chi connectivity index (χ4v) is 4.08. The standard InChI is InChI=1S/C16H12Cl2F2N2O4.C9H7Cl2FN2O3/c1-6(23)21-13-9(18)14(16(24)26-3)22-12(11(13)20)7-4-5-8(17)15(25-2)10(7)19;1-3(15)13-6-4(10)7(9(16)17-2)14-8(11)5(6)12/h4-5H,1-3H3,(H,21,22,23);1-2H3,(H,13,14,15). The van der Waals surface area contributed by atoms with E-state index in [4.69, 9.17) is 51.1 Å². The highest BCUT2D eigenvalue weighted by atomic mass is 35.5. The van der Waals surface area contributed by atoms with E-state index in [9.17, 15) is 32.3 Å². The largest absolute Gasteiger partial charge is 0.492 e. The summed E-state index contributed by atoms with van der Waals surface area (Å²) in [7, 11) is 3.35. The first-order chi connectivity index (χ1) is 20.1. The van der Waals surface area contributed by atoms with Gasteiger partial charge in [-0.3, -0.25) is 9.59 Å². The smallest absolute Gasteiger partial charge is 0.358 e. The van der Waals surface area contributed by atoms with Crippen LogP contribution in [0.25, 0.3) is 11.3 Å². The van der Waals surface area contributed by atoms with E-state index in [2.05, 4.69) is 30.1 Å². The number of carbonyl (C=O) groups is 4. The van der Waals surface area contributed by atoms with Crippen LogP contribution in [-0.4, -0.2) is 55.1 Å². The maximum atomic E-state index is 14.9. The fraction of sp³-hybridized carbons (Fsp3) is 0.200. The zero-order valence-electron chi connectivity index (χ0n) is 22.6. The minimum Gasteiger partial charge on any atom is -0.492 e. The quantitative estimate of drug-likeness (QED) is 0.224. The van der Waals surface area contributed by atoms with Crippen LogP contribution in [0, 0.1) is 17.5 Å². The minimum absolute atomic E-state index is 0.0432. The second-order valence-electron chi connectivity index (χ2n) is 7.85. The SMILES string of the molecule is COC(=O)c1nc(-c2ccc(Cl)c(OC)c2F)c(F)c(NC(C)=O)c1Cl.COC(=O)c1nc(Cl)c(F)c(NC(C)=O)c1Cl. The monoisotopic (exact) mass is 684 g/mol. The summed E-state index contributed by atoms with van der Waals surface area (Å²) in [6, 6.07) is 2.42. The Hall–Kier alpha value is -3.85. The lowest BCUT2D eigenvalue weighted by Gasteiger charge is -2.15. The van der Waals surface area contributed by atoms with Gasteiger partial charge in [-0.25, -0.2) is 32.7 Å². The van der Waals surface area contributed by atoms with Gasteiger partial charge in [0.2, 0.25) is 11.8 Å². The maximum absolute atomic E-state index is 14.9. The number of hydrogen-bond acceptors (Lipinski definition) is 9. The van der Waals surface area contributed by atoms with Crippen LogP contribution in [-0.2, 0) is 19.1 Å². The number of methoxy groups -OCH3 is 3. The predicted octanol–water partition coefficient (Wildman–Crippen LogP) is 6.36. The number of nitrogens with one attached hydrogen (secondary N) is 2. The Morgan fingerprint density at radius 3 is 1.63 bits per heavy atom. The Morgan fingerprint density at radius 1 is 0.721 bits per heavy atom. The average Bonchev–Trinajstić information content (AvgIpc) is 2.95. The van der Waals surface area contributed by atoms with Crippen LogP contribution >= 0.6 is 46.4 Å². The van der Waals surface area contributed by atoms with Crippen molar-refractivity contribution < 1.29 is 46.6 Å². The summed E-state index contributed by atoms with van der Waals surface area (Å²) in [4.78, 5) is 52.6. The summed E-state index contributed by atoms with van der Waals surface area (Å²) < 4.78 is 56.9. The summed E-state index contributed by atoms with van der Waals surface area (Å²) in [5, 5.41) is 2.81. The number of pyridine rings is 2. The van der Waals surface area contributed by atoms with Gasteiger partial charge in [0.15, 0.2) is 39.7 Å². The number of carbonyl (C=O) groups excluding carboxylic acids is 4. The number of halogens is 7. The van der Waals surface area contributed by atoms with Crippen molar-refractivity contribution >= 4 is 81.5 Å². The first kappa shape index (κ1) is 35.3. The van der Waals surface area contributed by atoms with Crippen molar-refractivity contribution in [2.45, 2.75) is 13.8 Å². The Balaban J connectivity index is 0.000000329. The Kier molecular flexibility index (Phi) is 12.4. The van der Waals surface area contributed by atoms with Gasteiger partial charge < -0.3 is 24.8 Å². The van der Waals surface area contributed by atoms with Crippen molar-refractivity contribution in [3.63, 3.8) is 0 Å². The zero-order chi connectivity index (χ0) is 32.8. The molecule has 2 aromatic heterocycles. The van der Waals surface area contributed by atoms with Crippen LogP contribution in [0.4, 0.5) is 24.5 Å². The summed E-state index contributed by atoms with van der Waals surface area (Å²) in [6.45, 7) is 2.27. The molecular weight excluding hydrogens is 667 g/mol. The summed E-state index contributed by atoms with van der Waals surface area (Å²) in [5.74, 6) is -6.59. The predicted molar refractivity (Wildman–Crippen MR) is 152 cm³/mol. The Morgan fingerprint density at radius 2 is 1.19 bits per heavy atom. The third-order valence-electron chi connectivity index (χ3n) is 4.98. The number of hydrogen-bond donors (Lipinski definition) is 2. The van der Waals surface area contributed by atoms with Crippen LogP contribution in [0.3, 0.4) is 0 Å². The molecule has 2 amide bonds. The van der Waals surface area contributed by atoms with E-state index in [1.807, 2.05) is 0 Å². The molecule has 0 saturated carbocycles. The van der Waals surface area contributed by atoms with Crippen molar-refractivity contribution in [1.29, 1.82) is 0 Å². The van der Waals surface area contributed by atoms with Crippen molar-refractivity contribution in [3.8, 4) is 17.0 Å². The highest BCUT2D eigenvalue weighted by Gasteiger charge is 2.28. The van der Waals surface area contributed by atoms with Gasteiger partial charge >= 0.3 is 11.9 Å². The highest BCUT2D eigenvalue weighted by Crippen LogP contribution is 2.39. The van der Waals surface area contributed by atoms with Crippen molar-refractivity contribution in [1.82, 2.24) is 9.97 Å². The molecule has 3 aromatic rings. The molecule has 0 aliphatic carbocycles. The number of aromatic nitrogens is 2. The lowest BCUT2D eigenvalue weighted by molar-refractivity contribution is -0.115. The molecule has 0 spiro atoms. The molecule has 2 N–H and O–H groups in total. The number of anilines is 2. The van der Waals surface area contributed by atoms with Crippen LogP contribution in [0.15, 0.2) is 12.1 Å². The van der Waals surface area contributed by atoms with Gasteiger partial charge in [-0.15, -0.1) is 0 Å². The normalized spacial score (nSPS) is 10.2. The summed E-state index contributed by atoms with van der Waals surface area (Å²) in [6.07, 6.45) is 0. The van der Waals surface area contributed by atoms with Gasteiger partial charge in [0.05, 0.1) is 26.4 Å². The molecule has 2 heterocycles. The molecule has 18 heteroatoms. The molecular formula is C25H19Cl4F3N4O7. The number of rotatable bonds is 6.